The summed E-state index contributed by atoms with van der Waals surface area (Å²) in [6.45, 7) is 3.22. The maximum absolute atomic E-state index is 13.3. The molecule has 1 amide bonds. The van der Waals surface area contributed by atoms with Crippen LogP contribution in [-0.4, -0.2) is 92.1 Å². The van der Waals surface area contributed by atoms with Gasteiger partial charge in [-0.25, -0.2) is 9.67 Å². The molecule has 10 heteroatoms. The normalized spacial score (nSPS) is 20.4. The molecule has 2 saturated heterocycles. The Morgan fingerprint density at radius 3 is 2.47 bits per heavy atom. The highest BCUT2D eigenvalue weighted by Crippen LogP contribution is 2.33. The predicted molar refractivity (Wildman–Crippen MR) is 146 cm³/mol. The average Bonchev–Trinajstić information content (AvgIpc) is 3.69. The largest absolute Gasteiger partial charge is 0.388 e. The maximum Gasteiger partial charge on any atom is 0.264 e. The highest BCUT2D eigenvalue weighted by Gasteiger charge is 2.39. The van der Waals surface area contributed by atoms with Gasteiger partial charge >= 0.3 is 0 Å². The molecule has 2 aromatic heterocycles. The van der Waals surface area contributed by atoms with E-state index < -0.39 is 5.60 Å². The van der Waals surface area contributed by atoms with E-state index in [4.69, 9.17) is 0 Å². The molecule has 0 atom stereocenters. The van der Waals surface area contributed by atoms with Crippen LogP contribution in [0.2, 0.25) is 0 Å². The second-order valence-corrected chi connectivity index (χ2v) is 11.5. The molecule has 0 spiro atoms. The van der Waals surface area contributed by atoms with Crippen LogP contribution in [0.4, 0.5) is 5.69 Å². The lowest BCUT2D eigenvalue weighted by Gasteiger charge is -2.38. The maximum atomic E-state index is 13.3. The second kappa shape index (κ2) is 9.81. The van der Waals surface area contributed by atoms with E-state index in [1.165, 1.54) is 10.9 Å². The minimum absolute atomic E-state index is 0.157. The first kappa shape index (κ1) is 25.1. The molecule has 4 heterocycles. The number of piperidine rings is 2. The summed E-state index contributed by atoms with van der Waals surface area (Å²) in [4.78, 5) is 36.9. The Hall–Kier alpha value is -3.24. The first-order valence-electron chi connectivity index (χ1n) is 13.8. The van der Waals surface area contributed by atoms with Crippen LogP contribution in [0, 0.1) is 5.92 Å². The fraction of sp³-hybridized carbons (Fsp3) is 0.571. The highest BCUT2D eigenvalue weighted by molar-refractivity contribution is 5.81. The van der Waals surface area contributed by atoms with Crippen LogP contribution in [0.25, 0.3) is 16.7 Å². The molecule has 3 aliphatic rings. The number of anilines is 1. The number of aliphatic hydroxyl groups is 1. The van der Waals surface area contributed by atoms with Crippen LogP contribution in [0.1, 0.15) is 38.5 Å². The van der Waals surface area contributed by atoms with Crippen molar-refractivity contribution in [3.63, 3.8) is 0 Å². The zero-order valence-electron chi connectivity index (χ0n) is 22.3. The monoisotopic (exact) mass is 519 g/mol. The number of benzene rings is 1. The van der Waals surface area contributed by atoms with E-state index in [9.17, 15) is 14.7 Å². The third kappa shape index (κ3) is 4.82. The third-order valence-electron chi connectivity index (χ3n) is 8.59. The number of nitrogens with zero attached hydrogens (tertiary/aromatic N) is 7. The van der Waals surface area contributed by atoms with Crippen LogP contribution in [0.3, 0.4) is 0 Å². The first-order valence-corrected chi connectivity index (χ1v) is 13.8. The minimum atomic E-state index is -1.04. The zero-order chi connectivity index (χ0) is 26.4. The van der Waals surface area contributed by atoms with Gasteiger partial charge in [0.2, 0.25) is 5.91 Å². The van der Waals surface area contributed by atoms with Crippen molar-refractivity contribution < 1.29 is 9.90 Å². The van der Waals surface area contributed by atoms with Crippen molar-refractivity contribution in [2.45, 2.75) is 56.7 Å². The van der Waals surface area contributed by atoms with Crippen LogP contribution in [-0.2, 0) is 11.3 Å². The standard InChI is InChI=1S/C28H37N7O3/c1-31(2)21-8-12-32(13-9-21)22-4-3-5-23(16-22)35-25-24(17-30-35)27(37)34(19-29-25)18-28(38)10-14-33(15-11-28)26(36)20-6-7-20/h3-5,16-17,19-21,38H,6-15,18H2,1-2H3. The summed E-state index contributed by atoms with van der Waals surface area (Å²) < 4.78 is 3.20. The molecular formula is C28H37N7O3. The van der Waals surface area contributed by atoms with Crippen molar-refractivity contribution in [2.75, 3.05) is 45.2 Å². The molecule has 202 valence electrons. The second-order valence-electron chi connectivity index (χ2n) is 11.5. The number of fused-ring (bicyclic) bond motifs is 1. The molecule has 1 aliphatic carbocycles. The summed E-state index contributed by atoms with van der Waals surface area (Å²) >= 11 is 0. The molecule has 3 aromatic rings. The number of amides is 1. The Balaban J connectivity index is 1.18. The predicted octanol–water partition coefficient (Wildman–Crippen LogP) is 1.88. The SMILES string of the molecule is CN(C)C1CCN(c2cccc(-n3ncc4c(=O)n(CC5(O)CCN(C(=O)C6CC6)CC5)cnc43)c2)CC1. The van der Waals surface area contributed by atoms with E-state index in [1.807, 2.05) is 17.0 Å². The number of rotatable bonds is 6. The number of hydrogen-bond acceptors (Lipinski definition) is 7. The molecular weight excluding hydrogens is 482 g/mol. The Morgan fingerprint density at radius 1 is 1.08 bits per heavy atom. The van der Waals surface area contributed by atoms with Crippen molar-refractivity contribution in [3.05, 3.63) is 47.1 Å². The molecule has 10 nitrogen and oxygen atoms in total. The van der Waals surface area contributed by atoms with Crippen LogP contribution in [0.15, 0.2) is 41.6 Å². The number of aromatic nitrogens is 4. The van der Waals surface area contributed by atoms with Gasteiger partial charge in [-0.3, -0.25) is 14.2 Å². The third-order valence-corrected chi connectivity index (χ3v) is 8.59. The highest BCUT2D eigenvalue weighted by atomic mass is 16.3. The summed E-state index contributed by atoms with van der Waals surface area (Å²) in [7, 11) is 4.29. The zero-order valence-corrected chi connectivity index (χ0v) is 22.3. The average molecular weight is 520 g/mol. The Labute approximate surface area is 222 Å². The van der Waals surface area contributed by atoms with Gasteiger partial charge in [0.1, 0.15) is 11.7 Å². The summed E-state index contributed by atoms with van der Waals surface area (Å²) in [6.07, 6.45) is 8.20. The molecule has 2 aliphatic heterocycles. The summed E-state index contributed by atoms with van der Waals surface area (Å²) in [6, 6.07) is 8.85. The van der Waals surface area contributed by atoms with Gasteiger partial charge in [-0.05, 0) is 70.8 Å². The lowest BCUT2D eigenvalue weighted by molar-refractivity contribution is -0.137. The molecule has 1 saturated carbocycles. The van der Waals surface area contributed by atoms with E-state index in [0.29, 0.717) is 43.0 Å². The van der Waals surface area contributed by atoms with Gasteiger partial charge in [0.25, 0.3) is 5.56 Å². The van der Waals surface area contributed by atoms with Gasteiger partial charge in [0.15, 0.2) is 5.65 Å². The summed E-state index contributed by atoms with van der Waals surface area (Å²) in [5.41, 5.74) is 1.26. The molecule has 3 fully saturated rings. The van der Waals surface area contributed by atoms with E-state index >= 15 is 0 Å². The molecule has 0 radical (unpaired) electrons. The van der Waals surface area contributed by atoms with Crippen LogP contribution >= 0.6 is 0 Å². The van der Waals surface area contributed by atoms with E-state index in [1.54, 1.807) is 10.9 Å². The number of carbonyl (C=O) groups excluding carboxylic acids is 1. The van der Waals surface area contributed by atoms with Crippen LogP contribution in [0.5, 0.6) is 0 Å². The van der Waals surface area contributed by atoms with Crippen LogP contribution < -0.4 is 10.5 Å². The fourth-order valence-electron chi connectivity index (χ4n) is 5.92. The van der Waals surface area contributed by atoms with Gasteiger partial charge in [0, 0.05) is 43.8 Å². The Kier molecular flexibility index (Phi) is 6.47. The molecule has 0 unspecified atom stereocenters. The molecule has 1 aromatic carbocycles. The lowest BCUT2D eigenvalue weighted by atomic mass is 9.91. The number of likely N-dealkylation sites (tertiary alicyclic amines) is 1. The Morgan fingerprint density at radius 2 is 1.79 bits per heavy atom. The van der Waals surface area contributed by atoms with Gasteiger partial charge in [-0.2, -0.15) is 5.10 Å². The molecule has 0 bridgehead atoms. The van der Waals surface area contributed by atoms with E-state index in [-0.39, 0.29) is 23.9 Å². The van der Waals surface area contributed by atoms with Crippen molar-refractivity contribution >= 4 is 22.6 Å². The van der Waals surface area contributed by atoms with Crippen molar-refractivity contribution in [2.24, 2.45) is 5.92 Å². The topological polar surface area (TPSA) is 99.7 Å². The molecule has 1 N–H and O–H groups in total. The molecule has 6 rings (SSSR count). The van der Waals surface area contributed by atoms with Gasteiger partial charge in [-0.1, -0.05) is 6.07 Å². The quantitative estimate of drug-likeness (QED) is 0.531. The molecule has 38 heavy (non-hydrogen) atoms. The van der Waals surface area contributed by atoms with E-state index in [2.05, 4.69) is 46.1 Å². The van der Waals surface area contributed by atoms with Gasteiger partial charge in [-0.15, -0.1) is 0 Å². The number of hydrogen-bond donors (Lipinski definition) is 1. The first-order chi connectivity index (χ1) is 18.3. The van der Waals surface area contributed by atoms with Crippen molar-refractivity contribution in [1.82, 2.24) is 29.1 Å². The number of carbonyl (C=O) groups is 1. The van der Waals surface area contributed by atoms with Gasteiger partial charge < -0.3 is 19.8 Å². The van der Waals surface area contributed by atoms with E-state index in [0.717, 1.165) is 50.1 Å². The van der Waals surface area contributed by atoms with Crippen molar-refractivity contribution in [1.29, 1.82) is 0 Å². The minimum Gasteiger partial charge on any atom is -0.388 e. The van der Waals surface area contributed by atoms with Crippen molar-refractivity contribution in [3.8, 4) is 5.69 Å². The smallest absolute Gasteiger partial charge is 0.264 e. The fourth-order valence-corrected chi connectivity index (χ4v) is 5.92. The summed E-state index contributed by atoms with van der Waals surface area (Å²) in [5.74, 6) is 0.393. The lowest BCUT2D eigenvalue weighted by Crippen LogP contribution is -2.50. The summed E-state index contributed by atoms with van der Waals surface area (Å²) in [5, 5.41) is 16.1. The Bertz CT molecular complexity index is 1380. The van der Waals surface area contributed by atoms with Gasteiger partial charge in [0.05, 0.1) is 24.0 Å².